The normalized spacial score (nSPS) is 18.2. The largest absolute Gasteiger partial charge is 0.402 e. The van der Waals surface area contributed by atoms with E-state index in [1.165, 1.54) is 21.8 Å². The van der Waals surface area contributed by atoms with Crippen molar-refractivity contribution < 1.29 is 31.2 Å². The highest BCUT2D eigenvalue weighted by molar-refractivity contribution is 7.89. The van der Waals surface area contributed by atoms with Crippen LogP contribution in [0.15, 0.2) is 29.2 Å². The Bertz CT molecular complexity index is 796. The van der Waals surface area contributed by atoms with Gasteiger partial charge in [0, 0.05) is 18.8 Å². The molecule has 1 aliphatic rings. The minimum absolute atomic E-state index is 0.189. The molecular weight excluding hydrogens is 389 g/mol. The van der Waals surface area contributed by atoms with Crippen LogP contribution in [0.25, 0.3) is 0 Å². The maximum Gasteiger partial charge on any atom is 0.402 e. The van der Waals surface area contributed by atoms with Gasteiger partial charge in [-0.25, -0.2) is 17.9 Å². The highest BCUT2D eigenvalue weighted by Crippen LogP contribution is 2.20. The number of rotatable bonds is 5. The fraction of sp³-hybridized carbons (Fsp3) is 0.467. The van der Waals surface area contributed by atoms with Crippen LogP contribution < -0.4 is 15.8 Å². The van der Waals surface area contributed by atoms with Gasteiger partial charge in [0.2, 0.25) is 15.9 Å². The smallest absolute Gasteiger partial charge is 0.351 e. The van der Waals surface area contributed by atoms with E-state index >= 15 is 0 Å². The van der Waals surface area contributed by atoms with E-state index < -0.39 is 34.7 Å². The Labute approximate surface area is 153 Å². The summed E-state index contributed by atoms with van der Waals surface area (Å²) in [6, 6.07) is 4.12. The topological polar surface area (TPSA) is 122 Å². The first-order valence-corrected chi connectivity index (χ1v) is 9.48. The summed E-state index contributed by atoms with van der Waals surface area (Å²) in [6.45, 7) is -1.00. The van der Waals surface area contributed by atoms with Crippen LogP contribution in [0.3, 0.4) is 0 Å². The van der Waals surface area contributed by atoms with E-state index in [1.54, 1.807) is 0 Å². The summed E-state index contributed by atoms with van der Waals surface area (Å²) in [4.78, 5) is 24.5. The van der Waals surface area contributed by atoms with Gasteiger partial charge >= 0.3 is 12.2 Å². The number of hydrogen-bond acceptors (Lipinski definition) is 4. The minimum atomic E-state index is -4.67. The average molecular weight is 408 g/mol. The molecule has 1 saturated heterocycles. The highest BCUT2D eigenvalue weighted by atomic mass is 32.2. The van der Waals surface area contributed by atoms with Crippen LogP contribution in [0.1, 0.15) is 12.8 Å². The summed E-state index contributed by atoms with van der Waals surface area (Å²) >= 11 is 0. The van der Waals surface area contributed by atoms with Gasteiger partial charge in [-0.1, -0.05) is 0 Å². The lowest BCUT2D eigenvalue weighted by atomic mass is 9.97. The van der Waals surface area contributed by atoms with E-state index in [0.29, 0.717) is 19.4 Å². The molecule has 2 rings (SSSR count). The van der Waals surface area contributed by atoms with E-state index in [9.17, 15) is 31.2 Å². The standard InChI is InChI=1S/C15H19F3N4O4S/c16-15(17,18)9-20-27(25,26)12-5-3-11(4-6-12)21-13(23)10-2-1-7-22(8-10)14(19)24/h3-6,10,20H,1-2,7-9H2,(H2,19,24)(H,21,23)/t10-/m1/s1. The lowest BCUT2D eigenvalue weighted by molar-refractivity contribution is -0.122. The first-order valence-electron chi connectivity index (χ1n) is 8.00. The van der Waals surface area contributed by atoms with E-state index in [4.69, 9.17) is 5.73 Å². The average Bonchev–Trinajstić information content (AvgIpc) is 2.60. The first kappa shape index (κ1) is 21.0. The molecule has 1 aromatic carbocycles. The number of primary amides is 1. The highest BCUT2D eigenvalue weighted by Gasteiger charge is 2.30. The number of nitrogens with two attached hydrogens (primary N) is 1. The van der Waals surface area contributed by atoms with Gasteiger partial charge in [0.05, 0.1) is 10.8 Å². The number of carbonyl (C=O) groups excluding carboxylic acids is 2. The monoisotopic (exact) mass is 408 g/mol. The van der Waals surface area contributed by atoms with Crippen LogP contribution in [0.5, 0.6) is 0 Å². The van der Waals surface area contributed by atoms with Crippen molar-refractivity contribution >= 4 is 27.6 Å². The number of alkyl halides is 3. The number of carbonyl (C=O) groups is 2. The Morgan fingerprint density at radius 2 is 1.85 bits per heavy atom. The van der Waals surface area contributed by atoms with Crippen LogP contribution in [-0.2, 0) is 14.8 Å². The van der Waals surface area contributed by atoms with Crippen molar-refractivity contribution in [3.63, 3.8) is 0 Å². The minimum Gasteiger partial charge on any atom is -0.351 e. The zero-order valence-electron chi connectivity index (χ0n) is 14.1. The Morgan fingerprint density at radius 3 is 2.41 bits per heavy atom. The van der Waals surface area contributed by atoms with Crippen molar-refractivity contribution in [2.45, 2.75) is 23.9 Å². The third kappa shape index (κ3) is 6.10. The van der Waals surface area contributed by atoms with Crippen molar-refractivity contribution in [3.8, 4) is 0 Å². The molecule has 0 bridgehead atoms. The summed E-state index contributed by atoms with van der Waals surface area (Å²) < 4.78 is 61.5. The predicted octanol–water partition coefficient (Wildman–Crippen LogP) is 1.26. The van der Waals surface area contributed by atoms with Crippen LogP contribution in [0.4, 0.5) is 23.7 Å². The molecule has 0 radical (unpaired) electrons. The molecule has 1 heterocycles. The predicted molar refractivity (Wildman–Crippen MR) is 90.2 cm³/mol. The molecule has 1 aliphatic heterocycles. The number of halogens is 3. The van der Waals surface area contributed by atoms with Crippen LogP contribution in [-0.4, -0.2) is 51.1 Å². The molecule has 0 spiro atoms. The molecule has 1 atom stereocenters. The van der Waals surface area contributed by atoms with Gasteiger partial charge in [0.25, 0.3) is 0 Å². The molecule has 8 nitrogen and oxygen atoms in total. The molecule has 1 aromatic rings. The van der Waals surface area contributed by atoms with Crippen molar-refractivity contribution in [2.75, 3.05) is 25.0 Å². The van der Waals surface area contributed by atoms with Gasteiger partial charge in [-0.2, -0.15) is 13.2 Å². The van der Waals surface area contributed by atoms with Gasteiger partial charge in [-0.3, -0.25) is 4.79 Å². The summed E-state index contributed by atoms with van der Waals surface area (Å²) in [5, 5.41) is 2.59. The van der Waals surface area contributed by atoms with Gasteiger partial charge in [-0.05, 0) is 37.1 Å². The lowest BCUT2D eigenvalue weighted by Crippen LogP contribution is -2.46. The molecule has 12 heteroatoms. The molecule has 1 fully saturated rings. The number of urea groups is 1. The zero-order valence-corrected chi connectivity index (χ0v) is 14.9. The van der Waals surface area contributed by atoms with E-state index in [1.807, 2.05) is 0 Å². The van der Waals surface area contributed by atoms with E-state index in [0.717, 1.165) is 12.1 Å². The summed E-state index contributed by atoms with van der Waals surface area (Å²) in [7, 11) is -4.32. The molecule has 0 unspecified atom stereocenters. The second kappa shape index (κ2) is 8.13. The third-order valence-electron chi connectivity index (χ3n) is 4.00. The summed E-state index contributed by atoms with van der Waals surface area (Å²) in [5.41, 5.74) is 5.50. The van der Waals surface area contributed by atoms with E-state index in [-0.39, 0.29) is 23.0 Å². The number of nitrogens with zero attached hydrogens (tertiary/aromatic N) is 1. The van der Waals surface area contributed by atoms with Crippen molar-refractivity contribution in [1.82, 2.24) is 9.62 Å². The molecule has 3 amide bonds. The van der Waals surface area contributed by atoms with Crippen molar-refractivity contribution in [3.05, 3.63) is 24.3 Å². The lowest BCUT2D eigenvalue weighted by Gasteiger charge is -2.30. The fourth-order valence-electron chi connectivity index (χ4n) is 2.61. The first-order chi connectivity index (χ1) is 12.5. The van der Waals surface area contributed by atoms with Crippen molar-refractivity contribution in [1.29, 1.82) is 0 Å². The summed E-state index contributed by atoms with van der Waals surface area (Å²) in [6.07, 6.45) is -3.47. The number of benzene rings is 1. The maximum absolute atomic E-state index is 12.3. The molecule has 27 heavy (non-hydrogen) atoms. The van der Waals surface area contributed by atoms with Crippen LogP contribution in [0, 0.1) is 5.92 Å². The molecule has 150 valence electrons. The second-order valence-electron chi connectivity index (χ2n) is 6.08. The van der Waals surface area contributed by atoms with Gasteiger partial charge in [-0.15, -0.1) is 0 Å². The summed E-state index contributed by atoms with van der Waals surface area (Å²) in [5.74, 6) is -0.810. The fourth-order valence-corrected chi connectivity index (χ4v) is 3.63. The number of sulfonamides is 1. The maximum atomic E-state index is 12.3. The number of nitrogens with one attached hydrogen (secondary N) is 2. The van der Waals surface area contributed by atoms with Crippen LogP contribution in [0.2, 0.25) is 0 Å². The Kier molecular flexibility index (Phi) is 6.31. The molecule has 0 saturated carbocycles. The van der Waals surface area contributed by atoms with Gasteiger partial charge < -0.3 is 16.0 Å². The van der Waals surface area contributed by atoms with Crippen LogP contribution >= 0.6 is 0 Å². The zero-order chi connectivity index (χ0) is 20.2. The quantitative estimate of drug-likeness (QED) is 0.679. The molecular formula is C15H19F3N4O4S. The third-order valence-corrected chi connectivity index (χ3v) is 5.42. The second-order valence-corrected chi connectivity index (χ2v) is 7.84. The number of hydrogen-bond donors (Lipinski definition) is 3. The molecule has 0 aromatic heterocycles. The molecule has 0 aliphatic carbocycles. The number of likely N-dealkylation sites (tertiary alicyclic amines) is 1. The number of amides is 3. The van der Waals surface area contributed by atoms with Crippen molar-refractivity contribution in [2.24, 2.45) is 11.7 Å². The molecule has 4 N–H and O–H groups in total. The Balaban J connectivity index is 1.99. The van der Waals surface area contributed by atoms with Gasteiger partial charge in [0.1, 0.15) is 6.54 Å². The van der Waals surface area contributed by atoms with E-state index in [2.05, 4.69) is 5.32 Å². The van der Waals surface area contributed by atoms with Gasteiger partial charge in [0.15, 0.2) is 0 Å². The Hall–Kier alpha value is -2.34. The SMILES string of the molecule is NC(=O)N1CCC[C@@H](C(=O)Nc2ccc(S(=O)(=O)NCC(F)(F)F)cc2)C1. The Morgan fingerprint density at radius 1 is 1.22 bits per heavy atom. The number of anilines is 1. The number of piperidine rings is 1.